The van der Waals surface area contributed by atoms with Gasteiger partial charge in [0.2, 0.25) is 0 Å². The van der Waals surface area contributed by atoms with Crippen molar-refractivity contribution in [1.29, 1.82) is 5.26 Å². The number of hydrogen-bond donors (Lipinski definition) is 1. The summed E-state index contributed by atoms with van der Waals surface area (Å²) in [6.45, 7) is 10.7. The Morgan fingerprint density at radius 3 is 2.27 bits per heavy atom. The van der Waals surface area contributed by atoms with Gasteiger partial charge in [0.25, 0.3) is 0 Å². The normalized spacial score (nSPS) is 25.2. The van der Waals surface area contributed by atoms with E-state index in [1.165, 1.54) is 5.70 Å². The Morgan fingerprint density at radius 1 is 1.27 bits per heavy atom. The van der Waals surface area contributed by atoms with Crippen molar-refractivity contribution < 1.29 is 0 Å². The number of allylic oxidation sites excluding steroid dienone is 3. The molecule has 0 aliphatic heterocycles. The lowest BCUT2D eigenvalue weighted by Gasteiger charge is -2.34. The second kappa shape index (κ2) is 4.10. The average molecular weight is 204 g/mol. The van der Waals surface area contributed by atoms with Crippen LogP contribution in [-0.2, 0) is 0 Å². The van der Waals surface area contributed by atoms with Gasteiger partial charge < -0.3 is 5.32 Å². The summed E-state index contributed by atoms with van der Waals surface area (Å²) < 4.78 is 0. The van der Waals surface area contributed by atoms with Gasteiger partial charge >= 0.3 is 0 Å². The van der Waals surface area contributed by atoms with Crippen LogP contribution in [0.5, 0.6) is 0 Å². The molecule has 1 atom stereocenters. The summed E-state index contributed by atoms with van der Waals surface area (Å²) in [7, 11) is 0. The van der Waals surface area contributed by atoms with Gasteiger partial charge in [-0.2, -0.15) is 5.26 Å². The van der Waals surface area contributed by atoms with Crippen LogP contribution in [0.25, 0.3) is 0 Å². The minimum atomic E-state index is -0.140. The van der Waals surface area contributed by atoms with Crippen molar-refractivity contribution in [2.24, 2.45) is 11.3 Å². The Balaban J connectivity index is 3.01. The van der Waals surface area contributed by atoms with Crippen molar-refractivity contribution in [2.75, 3.05) is 0 Å². The van der Waals surface area contributed by atoms with Gasteiger partial charge in [-0.3, -0.25) is 0 Å². The van der Waals surface area contributed by atoms with E-state index >= 15 is 0 Å². The third kappa shape index (κ3) is 1.92. The second-order valence-corrected chi connectivity index (χ2v) is 4.93. The Hall–Kier alpha value is -1.23. The van der Waals surface area contributed by atoms with Gasteiger partial charge in [0, 0.05) is 22.7 Å². The molecule has 0 heterocycles. The predicted molar refractivity (Wildman–Crippen MR) is 63.0 cm³/mol. The molecule has 0 saturated carbocycles. The highest BCUT2D eigenvalue weighted by molar-refractivity contribution is 5.47. The second-order valence-electron chi connectivity index (χ2n) is 4.93. The first-order valence-electron chi connectivity index (χ1n) is 5.52. The van der Waals surface area contributed by atoms with E-state index in [0.29, 0.717) is 12.0 Å². The van der Waals surface area contributed by atoms with E-state index in [4.69, 9.17) is 5.26 Å². The summed E-state index contributed by atoms with van der Waals surface area (Å²) in [6, 6.07) is 2.71. The van der Waals surface area contributed by atoms with Crippen LogP contribution in [0, 0.1) is 22.7 Å². The third-order valence-electron chi connectivity index (χ3n) is 3.26. The lowest BCUT2D eigenvalue weighted by Crippen LogP contribution is -2.36. The zero-order valence-electron chi connectivity index (χ0n) is 10.3. The average Bonchev–Trinajstić information content (AvgIpc) is 2.44. The van der Waals surface area contributed by atoms with Crippen molar-refractivity contribution in [1.82, 2.24) is 5.32 Å². The molecule has 82 valence electrons. The molecule has 0 saturated heterocycles. The highest BCUT2D eigenvalue weighted by Gasteiger charge is 2.39. The summed E-state index contributed by atoms with van der Waals surface area (Å²) in [4.78, 5) is 0. The SMILES string of the molecule is CC(C)NC1=CC=C(C#N)C1(C)C(C)C. The molecule has 0 aromatic carbocycles. The van der Waals surface area contributed by atoms with Crippen molar-refractivity contribution in [3.8, 4) is 6.07 Å². The maximum Gasteiger partial charge on any atom is 0.0957 e. The van der Waals surface area contributed by atoms with Gasteiger partial charge in [-0.05, 0) is 38.8 Å². The van der Waals surface area contributed by atoms with Gasteiger partial charge in [0.15, 0.2) is 0 Å². The maximum absolute atomic E-state index is 9.12. The predicted octanol–water partition coefficient (Wildman–Crippen LogP) is 2.99. The fraction of sp³-hybridized carbons (Fsp3) is 0.615. The van der Waals surface area contributed by atoms with Gasteiger partial charge in [-0.1, -0.05) is 13.8 Å². The topological polar surface area (TPSA) is 35.8 Å². The molecule has 15 heavy (non-hydrogen) atoms. The van der Waals surface area contributed by atoms with Crippen LogP contribution in [0.2, 0.25) is 0 Å². The van der Waals surface area contributed by atoms with Gasteiger partial charge in [-0.15, -0.1) is 0 Å². The minimum Gasteiger partial charge on any atom is -0.385 e. The van der Waals surface area contributed by atoms with E-state index in [1.54, 1.807) is 0 Å². The summed E-state index contributed by atoms with van der Waals surface area (Å²) >= 11 is 0. The molecule has 1 aliphatic rings. The standard InChI is InChI=1S/C13H20N2/c1-9(2)13(5)11(8-14)6-7-12(13)15-10(3)4/h6-7,9-10,15H,1-5H3. The molecule has 0 spiro atoms. The van der Waals surface area contributed by atoms with E-state index in [9.17, 15) is 0 Å². The molecule has 1 rings (SSSR count). The largest absolute Gasteiger partial charge is 0.385 e. The Labute approximate surface area is 92.7 Å². The summed E-state index contributed by atoms with van der Waals surface area (Å²) in [6.07, 6.45) is 3.98. The number of nitrogens with one attached hydrogen (secondary N) is 1. The molecule has 0 fully saturated rings. The molecule has 0 bridgehead atoms. The molecular weight excluding hydrogens is 184 g/mol. The van der Waals surface area contributed by atoms with E-state index in [1.807, 2.05) is 12.2 Å². The van der Waals surface area contributed by atoms with E-state index in [0.717, 1.165) is 5.57 Å². The number of hydrogen-bond acceptors (Lipinski definition) is 2. The van der Waals surface area contributed by atoms with Crippen molar-refractivity contribution in [3.05, 3.63) is 23.4 Å². The smallest absolute Gasteiger partial charge is 0.0957 e. The van der Waals surface area contributed by atoms with Crippen LogP contribution in [-0.4, -0.2) is 6.04 Å². The molecule has 0 amide bonds. The molecule has 2 nitrogen and oxygen atoms in total. The lowest BCUT2D eigenvalue weighted by atomic mass is 9.73. The third-order valence-corrected chi connectivity index (χ3v) is 3.26. The highest BCUT2D eigenvalue weighted by atomic mass is 14.9. The fourth-order valence-electron chi connectivity index (χ4n) is 1.94. The molecular formula is C13H20N2. The molecule has 0 aromatic heterocycles. The highest BCUT2D eigenvalue weighted by Crippen LogP contribution is 2.44. The maximum atomic E-state index is 9.12. The molecule has 0 aromatic rings. The number of nitrogens with zero attached hydrogens (tertiary/aromatic N) is 1. The fourth-order valence-corrected chi connectivity index (χ4v) is 1.94. The van der Waals surface area contributed by atoms with Crippen LogP contribution < -0.4 is 5.32 Å². The molecule has 2 heteroatoms. The molecule has 0 radical (unpaired) electrons. The van der Waals surface area contributed by atoms with Crippen LogP contribution in [0.3, 0.4) is 0 Å². The first-order valence-corrected chi connectivity index (χ1v) is 5.52. The Morgan fingerprint density at radius 2 is 1.87 bits per heavy atom. The van der Waals surface area contributed by atoms with E-state index in [-0.39, 0.29) is 5.41 Å². The van der Waals surface area contributed by atoms with Crippen molar-refractivity contribution in [2.45, 2.75) is 40.7 Å². The number of nitriles is 1. The summed E-state index contributed by atoms with van der Waals surface area (Å²) in [5, 5.41) is 12.6. The van der Waals surface area contributed by atoms with Crippen LogP contribution in [0.15, 0.2) is 23.4 Å². The minimum absolute atomic E-state index is 0.140. The van der Waals surface area contributed by atoms with E-state index < -0.39 is 0 Å². The zero-order chi connectivity index (χ0) is 11.6. The molecule has 1 aliphatic carbocycles. The van der Waals surface area contributed by atoms with Crippen LogP contribution in [0.1, 0.15) is 34.6 Å². The van der Waals surface area contributed by atoms with Crippen molar-refractivity contribution in [3.63, 3.8) is 0 Å². The van der Waals surface area contributed by atoms with E-state index in [2.05, 4.69) is 46.0 Å². The van der Waals surface area contributed by atoms with Crippen LogP contribution >= 0.6 is 0 Å². The number of rotatable bonds is 3. The lowest BCUT2D eigenvalue weighted by molar-refractivity contribution is 0.325. The van der Waals surface area contributed by atoms with Gasteiger partial charge in [-0.25, -0.2) is 0 Å². The molecule has 1 N–H and O–H groups in total. The van der Waals surface area contributed by atoms with Gasteiger partial charge in [0.1, 0.15) is 0 Å². The molecule has 1 unspecified atom stereocenters. The summed E-state index contributed by atoms with van der Waals surface area (Å²) in [5.74, 6) is 0.420. The monoisotopic (exact) mass is 204 g/mol. The zero-order valence-corrected chi connectivity index (χ0v) is 10.3. The first-order chi connectivity index (χ1) is 6.92. The first kappa shape index (κ1) is 11.8. The summed E-state index contributed by atoms with van der Waals surface area (Å²) in [5.41, 5.74) is 1.89. The van der Waals surface area contributed by atoms with Crippen LogP contribution in [0.4, 0.5) is 0 Å². The quantitative estimate of drug-likeness (QED) is 0.767. The Kier molecular flexibility index (Phi) is 3.24. The Bertz CT molecular complexity index is 342. The van der Waals surface area contributed by atoms with Crippen molar-refractivity contribution >= 4 is 0 Å². The van der Waals surface area contributed by atoms with Gasteiger partial charge in [0.05, 0.1) is 6.07 Å².